The Balaban J connectivity index is 1.31. The highest BCUT2D eigenvalue weighted by atomic mass is 35.5. The number of carbonyl (C=O) groups excluding carboxylic acids is 1. The predicted molar refractivity (Wildman–Crippen MR) is 109 cm³/mol. The van der Waals surface area contributed by atoms with Gasteiger partial charge in [-0.25, -0.2) is 0 Å². The summed E-state index contributed by atoms with van der Waals surface area (Å²) in [6.07, 6.45) is 3.61. The molecule has 9 heteroatoms. The fourth-order valence-corrected chi connectivity index (χ4v) is 4.03. The van der Waals surface area contributed by atoms with E-state index in [1.807, 2.05) is 28.8 Å². The Bertz CT molecular complexity index is 1070. The van der Waals surface area contributed by atoms with Gasteiger partial charge in [0.15, 0.2) is 17.1 Å². The standard InChI is InChI=1S/C20H20ClN5O3/c21-15-4-2-8-26-18(15)23-24-20(26)25-7-1-3-13(12-25)19(27)22-14-5-6-16-17(11-14)29-10-9-28-16/h2,4-6,8,11,13H,1,3,7,9-10,12H2,(H,22,27)/t13-/m0/s1. The average molecular weight is 414 g/mol. The van der Waals surface area contributed by atoms with E-state index >= 15 is 0 Å². The highest BCUT2D eigenvalue weighted by Gasteiger charge is 2.28. The van der Waals surface area contributed by atoms with Gasteiger partial charge in [-0.2, -0.15) is 0 Å². The number of rotatable bonds is 3. The maximum absolute atomic E-state index is 12.9. The third kappa shape index (κ3) is 3.44. The van der Waals surface area contributed by atoms with Crippen molar-refractivity contribution in [1.29, 1.82) is 0 Å². The van der Waals surface area contributed by atoms with E-state index in [1.165, 1.54) is 0 Å². The lowest BCUT2D eigenvalue weighted by Crippen LogP contribution is -2.41. The van der Waals surface area contributed by atoms with Gasteiger partial charge in [0, 0.05) is 31.0 Å². The molecule has 1 amide bonds. The Hall–Kier alpha value is -3.00. The summed E-state index contributed by atoms with van der Waals surface area (Å²) >= 11 is 6.20. The van der Waals surface area contributed by atoms with Crippen molar-refractivity contribution in [3.63, 3.8) is 0 Å². The molecule has 2 aromatic heterocycles. The lowest BCUT2D eigenvalue weighted by molar-refractivity contribution is -0.120. The van der Waals surface area contributed by atoms with E-state index in [0.717, 1.165) is 19.4 Å². The number of halogens is 1. The van der Waals surface area contributed by atoms with E-state index in [4.69, 9.17) is 21.1 Å². The van der Waals surface area contributed by atoms with Gasteiger partial charge in [-0.15, -0.1) is 10.2 Å². The Morgan fingerprint density at radius 3 is 2.93 bits per heavy atom. The van der Waals surface area contributed by atoms with Crippen molar-refractivity contribution in [2.45, 2.75) is 12.8 Å². The summed E-state index contributed by atoms with van der Waals surface area (Å²) in [6, 6.07) is 9.11. The molecule has 5 rings (SSSR count). The first-order chi connectivity index (χ1) is 14.2. The number of anilines is 2. The number of nitrogens with zero attached hydrogens (tertiary/aromatic N) is 4. The van der Waals surface area contributed by atoms with Crippen molar-refractivity contribution >= 4 is 34.8 Å². The highest BCUT2D eigenvalue weighted by Crippen LogP contribution is 2.33. The number of benzene rings is 1. The van der Waals surface area contributed by atoms with Gasteiger partial charge in [0.05, 0.1) is 10.9 Å². The maximum Gasteiger partial charge on any atom is 0.231 e. The van der Waals surface area contributed by atoms with Gasteiger partial charge in [0.2, 0.25) is 11.9 Å². The number of hydrogen-bond acceptors (Lipinski definition) is 6. The van der Waals surface area contributed by atoms with Crippen molar-refractivity contribution < 1.29 is 14.3 Å². The molecular weight excluding hydrogens is 394 g/mol. The zero-order valence-corrected chi connectivity index (χ0v) is 16.4. The van der Waals surface area contributed by atoms with Crippen LogP contribution in [0.1, 0.15) is 12.8 Å². The van der Waals surface area contributed by atoms with Crippen LogP contribution in [-0.2, 0) is 4.79 Å². The van der Waals surface area contributed by atoms with E-state index in [0.29, 0.717) is 53.6 Å². The summed E-state index contributed by atoms with van der Waals surface area (Å²) < 4.78 is 13.0. The second kappa shape index (κ2) is 7.44. The number of amides is 1. The second-order valence-corrected chi connectivity index (χ2v) is 7.59. The van der Waals surface area contributed by atoms with Crippen molar-refractivity contribution in [3.05, 3.63) is 41.6 Å². The first-order valence-corrected chi connectivity index (χ1v) is 10.0. The quantitative estimate of drug-likeness (QED) is 0.710. The number of piperidine rings is 1. The number of nitrogens with one attached hydrogen (secondary N) is 1. The first-order valence-electron chi connectivity index (χ1n) is 9.64. The third-order valence-electron chi connectivity index (χ3n) is 5.25. The minimum Gasteiger partial charge on any atom is -0.486 e. The molecule has 150 valence electrons. The monoisotopic (exact) mass is 413 g/mol. The Morgan fingerprint density at radius 2 is 2.03 bits per heavy atom. The summed E-state index contributed by atoms with van der Waals surface area (Å²) in [5.41, 5.74) is 1.32. The van der Waals surface area contributed by atoms with Gasteiger partial charge >= 0.3 is 0 Å². The molecule has 1 fully saturated rings. The Morgan fingerprint density at radius 1 is 1.17 bits per heavy atom. The summed E-state index contributed by atoms with van der Waals surface area (Å²) in [5.74, 6) is 1.91. The lowest BCUT2D eigenvalue weighted by Gasteiger charge is -2.32. The van der Waals surface area contributed by atoms with Crippen LogP contribution in [0.4, 0.5) is 11.6 Å². The fourth-order valence-electron chi connectivity index (χ4n) is 3.83. The summed E-state index contributed by atoms with van der Waals surface area (Å²) in [7, 11) is 0. The number of fused-ring (bicyclic) bond motifs is 2. The van der Waals surface area contributed by atoms with Crippen molar-refractivity contribution in [3.8, 4) is 11.5 Å². The Kier molecular flexibility index (Phi) is 4.63. The van der Waals surface area contributed by atoms with Crippen LogP contribution in [0.25, 0.3) is 5.65 Å². The summed E-state index contributed by atoms with van der Waals surface area (Å²) in [4.78, 5) is 15.0. The topological polar surface area (TPSA) is 81.0 Å². The predicted octanol–water partition coefficient (Wildman–Crippen LogP) is 3.01. The molecule has 1 atom stereocenters. The van der Waals surface area contributed by atoms with Crippen molar-refractivity contribution in [2.24, 2.45) is 5.92 Å². The minimum absolute atomic E-state index is 0.0155. The zero-order chi connectivity index (χ0) is 19.8. The molecule has 1 saturated heterocycles. The highest BCUT2D eigenvalue weighted by molar-refractivity contribution is 6.33. The summed E-state index contributed by atoms with van der Waals surface area (Å²) in [5, 5.41) is 12.0. The van der Waals surface area contributed by atoms with Crippen LogP contribution in [0.2, 0.25) is 5.02 Å². The molecule has 1 N–H and O–H groups in total. The molecule has 29 heavy (non-hydrogen) atoms. The summed E-state index contributed by atoms with van der Waals surface area (Å²) in [6.45, 7) is 2.45. The van der Waals surface area contributed by atoms with Gasteiger partial charge in [-0.1, -0.05) is 11.6 Å². The Labute approximate surface area is 172 Å². The van der Waals surface area contributed by atoms with Crippen molar-refractivity contribution in [2.75, 3.05) is 36.5 Å². The van der Waals surface area contributed by atoms with Crippen LogP contribution in [0.3, 0.4) is 0 Å². The third-order valence-corrected chi connectivity index (χ3v) is 5.55. The molecule has 0 bridgehead atoms. The van der Waals surface area contributed by atoms with Gasteiger partial charge in [-0.05, 0) is 37.1 Å². The molecule has 2 aliphatic heterocycles. The molecule has 0 spiro atoms. The van der Waals surface area contributed by atoms with Gasteiger partial charge in [-0.3, -0.25) is 9.20 Å². The molecule has 3 aromatic rings. The van der Waals surface area contributed by atoms with E-state index in [9.17, 15) is 4.79 Å². The van der Waals surface area contributed by atoms with Crippen molar-refractivity contribution in [1.82, 2.24) is 14.6 Å². The normalized spacial score (nSPS) is 18.7. The first kappa shape index (κ1) is 18.1. The van der Waals surface area contributed by atoms with E-state index in [2.05, 4.69) is 20.4 Å². The number of aromatic nitrogens is 3. The van der Waals surface area contributed by atoms with Gasteiger partial charge < -0.3 is 19.7 Å². The molecule has 0 unspecified atom stereocenters. The van der Waals surface area contributed by atoms with Crippen LogP contribution in [0, 0.1) is 5.92 Å². The van der Waals surface area contributed by atoms with Crippen LogP contribution in [0.5, 0.6) is 11.5 Å². The smallest absolute Gasteiger partial charge is 0.231 e. The van der Waals surface area contributed by atoms with E-state index in [-0.39, 0.29) is 11.8 Å². The number of hydrogen-bond donors (Lipinski definition) is 1. The molecule has 2 aliphatic rings. The van der Waals surface area contributed by atoms with Gasteiger partial charge in [0.1, 0.15) is 13.2 Å². The lowest BCUT2D eigenvalue weighted by atomic mass is 9.97. The van der Waals surface area contributed by atoms with E-state index in [1.54, 1.807) is 12.1 Å². The maximum atomic E-state index is 12.9. The largest absolute Gasteiger partial charge is 0.486 e. The van der Waals surface area contributed by atoms with E-state index < -0.39 is 0 Å². The fraction of sp³-hybridized carbons (Fsp3) is 0.350. The SMILES string of the molecule is O=C(Nc1ccc2c(c1)OCCO2)[C@H]1CCCN(c2nnc3c(Cl)cccn23)C1. The molecular formula is C20H20ClN5O3. The average Bonchev–Trinajstić information content (AvgIpc) is 3.19. The van der Waals surface area contributed by atoms with Crippen LogP contribution >= 0.6 is 11.6 Å². The van der Waals surface area contributed by atoms with Crippen LogP contribution < -0.4 is 19.7 Å². The molecule has 0 saturated carbocycles. The molecule has 4 heterocycles. The molecule has 0 aliphatic carbocycles. The second-order valence-electron chi connectivity index (χ2n) is 7.18. The number of carbonyl (C=O) groups is 1. The van der Waals surface area contributed by atoms with Gasteiger partial charge in [0.25, 0.3) is 0 Å². The molecule has 8 nitrogen and oxygen atoms in total. The molecule has 1 aromatic carbocycles. The molecule has 0 radical (unpaired) electrons. The van der Waals surface area contributed by atoms with Crippen LogP contribution in [-0.4, -0.2) is 46.8 Å². The minimum atomic E-state index is -0.150. The van der Waals surface area contributed by atoms with Crippen LogP contribution in [0.15, 0.2) is 36.5 Å². The number of ether oxygens (including phenoxy) is 2. The zero-order valence-electron chi connectivity index (χ0n) is 15.7. The number of pyridine rings is 1.